The summed E-state index contributed by atoms with van der Waals surface area (Å²) < 4.78 is 17.3. The predicted molar refractivity (Wildman–Crippen MR) is 171 cm³/mol. The first-order chi connectivity index (χ1) is 18.1. The molecular formula is C30H41I2N3OS. The Morgan fingerprint density at radius 2 is 1.35 bits per heavy atom. The van der Waals surface area contributed by atoms with Gasteiger partial charge in [-0.1, -0.05) is 96.1 Å². The number of aromatic nitrogens is 3. The first-order valence-electron chi connectivity index (χ1n) is 13.9. The average molecular weight is 746 g/mol. The molecule has 0 amide bonds. The van der Waals surface area contributed by atoms with Crippen LogP contribution >= 0.6 is 45.2 Å². The van der Waals surface area contributed by atoms with E-state index in [1.165, 1.54) is 82.6 Å². The van der Waals surface area contributed by atoms with Crippen molar-refractivity contribution in [2.75, 3.05) is 0 Å². The van der Waals surface area contributed by atoms with Crippen LogP contribution in [0.3, 0.4) is 0 Å². The Hall–Kier alpha value is -0.650. The number of hydrogen-bond acceptors (Lipinski definition) is 3. The minimum atomic E-state index is -1.17. The topological polar surface area (TPSA) is 53.8 Å². The number of halogens is 2. The Morgan fingerprint density at radius 1 is 0.784 bits per heavy atom. The third-order valence-electron chi connectivity index (χ3n) is 6.90. The molecule has 0 bridgehead atoms. The summed E-state index contributed by atoms with van der Waals surface area (Å²) in [5.41, 5.74) is 1.29. The second kappa shape index (κ2) is 17.8. The van der Waals surface area contributed by atoms with Gasteiger partial charge in [-0.3, -0.25) is 4.68 Å². The zero-order valence-electron chi connectivity index (χ0n) is 22.1. The van der Waals surface area contributed by atoms with Gasteiger partial charge in [0.05, 0.1) is 0 Å². The van der Waals surface area contributed by atoms with E-state index in [0.717, 1.165) is 29.9 Å². The number of benzene rings is 2. The van der Waals surface area contributed by atoms with Gasteiger partial charge in [0.15, 0.2) is 9.79 Å². The van der Waals surface area contributed by atoms with Crippen LogP contribution in [0.25, 0.3) is 0 Å². The molecule has 0 spiro atoms. The standard InChI is InChI=1S/C30H41I2N3OS/c1-2-3-4-5-6-7-8-9-10-11-12-13-14-26(22-35-24-33-23-34-35)25-15-17-29(18-16-25)37(36)30-20-27(31)19-28(32)21-30/h15-21,23-24,26H,2-14,22H2,1H3. The first kappa shape index (κ1) is 30.9. The highest BCUT2D eigenvalue weighted by Gasteiger charge is 2.18. The monoisotopic (exact) mass is 745 g/mol. The SMILES string of the molecule is CCCCCCCCCCCCCCC(Cn1cncn1)c1ccc([S+]([O-])c2cc(I)cc(I)c2)cc1. The largest absolute Gasteiger partial charge is 0.606 e. The molecule has 202 valence electrons. The van der Waals surface area contributed by atoms with Crippen molar-refractivity contribution in [1.82, 2.24) is 14.8 Å². The summed E-state index contributed by atoms with van der Waals surface area (Å²) >= 11 is 3.40. The van der Waals surface area contributed by atoms with Gasteiger partial charge in [0.1, 0.15) is 12.7 Å². The lowest BCUT2D eigenvalue weighted by molar-refractivity contribution is 0.460. The normalized spacial score (nSPS) is 13.1. The quantitative estimate of drug-likeness (QED) is 0.0741. The van der Waals surface area contributed by atoms with E-state index >= 15 is 0 Å². The third kappa shape index (κ3) is 11.5. The van der Waals surface area contributed by atoms with E-state index < -0.39 is 11.2 Å². The molecule has 2 atom stereocenters. The molecule has 4 nitrogen and oxygen atoms in total. The first-order valence-corrected chi connectivity index (χ1v) is 17.2. The third-order valence-corrected chi connectivity index (χ3v) is 9.51. The van der Waals surface area contributed by atoms with Crippen LogP contribution in [0.1, 0.15) is 102 Å². The minimum absolute atomic E-state index is 0.380. The minimum Gasteiger partial charge on any atom is -0.606 e. The Kier molecular flexibility index (Phi) is 14.9. The smallest absolute Gasteiger partial charge is 0.160 e. The van der Waals surface area contributed by atoms with E-state index in [-0.39, 0.29) is 0 Å². The molecule has 0 aliphatic carbocycles. The molecule has 0 N–H and O–H groups in total. The van der Waals surface area contributed by atoms with Gasteiger partial charge < -0.3 is 4.55 Å². The van der Waals surface area contributed by atoms with Crippen molar-refractivity contribution in [3.05, 3.63) is 67.8 Å². The molecule has 1 heterocycles. The summed E-state index contributed by atoms with van der Waals surface area (Å²) in [4.78, 5) is 5.84. The van der Waals surface area contributed by atoms with Crippen molar-refractivity contribution < 1.29 is 4.55 Å². The lowest BCUT2D eigenvalue weighted by Gasteiger charge is -2.18. The lowest BCUT2D eigenvalue weighted by Crippen LogP contribution is -2.11. The molecule has 0 radical (unpaired) electrons. The molecule has 3 aromatic rings. The van der Waals surface area contributed by atoms with Gasteiger partial charge in [0.25, 0.3) is 0 Å². The predicted octanol–water partition coefficient (Wildman–Crippen LogP) is 9.53. The molecule has 2 aromatic carbocycles. The highest BCUT2D eigenvalue weighted by Crippen LogP contribution is 2.29. The molecule has 1 aromatic heterocycles. The molecule has 2 unspecified atom stereocenters. The molecule has 0 saturated heterocycles. The summed E-state index contributed by atoms with van der Waals surface area (Å²) in [7, 11) is 0. The highest BCUT2D eigenvalue weighted by molar-refractivity contribution is 14.1. The summed E-state index contributed by atoms with van der Waals surface area (Å²) in [6.45, 7) is 3.11. The molecular weight excluding hydrogens is 704 g/mol. The van der Waals surface area contributed by atoms with Gasteiger partial charge in [0, 0.05) is 42.9 Å². The zero-order chi connectivity index (χ0) is 26.3. The fourth-order valence-corrected chi connectivity index (χ4v) is 8.27. The van der Waals surface area contributed by atoms with E-state index in [0.29, 0.717) is 5.92 Å². The number of unbranched alkanes of at least 4 members (excludes halogenated alkanes) is 11. The fourth-order valence-electron chi connectivity index (χ4n) is 4.78. The van der Waals surface area contributed by atoms with Crippen molar-refractivity contribution in [2.24, 2.45) is 0 Å². The van der Waals surface area contributed by atoms with Crippen LogP contribution in [0.5, 0.6) is 0 Å². The molecule has 0 aliphatic rings. The van der Waals surface area contributed by atoms with Crippen molar-refractivity contribution >= 4 is 56.4 Å². The number of rotatable bonds is 18. The average Bonchev–Trinajstić information content (AvgIpc) is 3.41. The summed E-state index contributed by atoms with van der Waals surface area (Å²) in [5, 5.41) is 4.35. The van der Waals surface area contributed by atoms with E-state index in [9.17, 15) is 4.55 Å². The van der Waals surface area contributed by atoms with Gasteiger partial charge in [-0.25, -0.2) is 4.98 Å². The van der Waals surface area contributed by atoms with Gasteiger partial charge in [0.2, 0.25) is 0 Å². The van der Waals surface area contributed by atoms with Gasteiger partial charge >= 0.3 is 0 Å². The van der Waals surface area contributed by atoms with Crippen molar-refractivity contribution in [3.8, 4) is 0 Å². The number of hydrogen-bond donors (Lipinski definition) is 0. The van der Waals surface area contributed by atoms with Crippen LogP contribution < -0.4 is 0 Å². The Labute approximate surface area is 254 Å². The fraction of sp³-hybridized carbons (Fsp3) is 0.533. The second-order valence-corrected chi connectivity index (χ2v) is 13.9. The van der Waals surface area contributed by atoms with Crippen LogP contribution in [-0.4, -0.2) is 19.3 Å². The van der Waals surface area contributed by atoms with Crippen LogP contribution in [-0.2, 0) is 17.7 Å². The summed E-state index contributed by atoms with van der Waals surface area (Å²) in [6.07, 6.45) is 20.9. The van der Waals surface area contributed by atoms with Gasteiger partial charge in [-0.15, -0.1) is 0 Å². The molecule has 7 heteroatoms. The van der Waals surface area contributed by atoms with E-state index in [1.807, 2.05) is 28.9 Å². The Bertz CT molecular complexity index is 994. The van der Waals surface area contributed by atoms with Crippen molar-refractivity contribution in [3.63, 3.8) is 0 Å². The maximum Gasteiger partial charge on any atom is 0.160 e. The zero-order valence-corrected chi connectivity index (χ0v) is 27.2. The van der Waals surface area contributed by atoms with Gasteiger partial charge in [-0.2, -0.15) is 5.10 Å². The van der Waals surface area contributed by atoms with Crippen LogP contribution in [0, 0.1) is 7.14 Å². The molecule has 0 aliphatic heterocycles. The molecule has 0 saturated carbocycles. The lowest BCUT2D eigenvalue weighted by atomic mass is 9.92. The molecule has 37 heavy (non-hydrogen) atoms. The maximum absolute atomic E-state index is 13.2. The van der Waals surface area contributed by atoms with Crippen molar-refractivity contribution in [2.45, 2.75) is 113 Å². The maximum atomic E-state index is 13.2. The Morgan fingerprint density at radius 3 is 1.89 bits per heavy atom. The molecule has 0 fully saturated rings. The van der Waals surface area contributed by atoms with Crippen LogP contribution in [0.15, 0.2) is 64.9 Å². The second-order valence-electron chi connectivity index (χ2n) is 9.94. The highest BCUT2D eigenvalue weighted by atomic mass is 127. The van der Waals surface area contributed by atoms with Crippen molar-refractivity contribution in [1.29, 1.82) is 0 Å². The molecule has 3 rings (SSSR count). The van der Waals surface area contributed by atoms with E-state index in [1.54, 1.807) is 12.7 Å². The van der Waals surface area contributed by atoms with Crippen LogP contribution in [0.2, 0.25) is 0 Å². The van der Waals surface area contributed by atoms with E-state index in [4.69, 9.17) is 0 Å². The van der Waals surface area contributed by atoms with Gasteiger partial charge in [-0.05, 0) is 75.4 Å². The Balaban J connectivity index is 1.47. The summed E-state index contributed by atoms with van der Waals surface area (Å²) in [5.74, 6) is 0.380. The van der Waals surface area contributed by atoms with Crippen LogP contribution in [0.4, 0.5) is 0 Å². The number of nitrogens with zero attached hydrogens (tertiary/aromatic N) is 3. The van der Waals surface area contributed by atoms with E-state index in [2.05, 4.69) is 80.4 Å². The summed E-state index contributed by atoms with van der Waals surface area (Å²) in [6, 6.07) is 14.5.